The average molecular weight is 240 g/mol. The number of carbonyl (C=O) groups excluding carboxylic acids is 2. The molecule has 17 heavy (non-hydrogen) atoms. The summed E-state index contributed by atoms with van der Waals surface area (Å²) in [6.45, 7) is 1.51. The second-order valence-electron chi connectivity index (χ2n) is 4.85. The Morgan fingerprint density at radius 1 is 1.41 bits per heavy atom. The lowest BCUT2D eigenvalue weighted by molar-refractivity contribution is -0.128. The van der Waals surface area contributed by atoms with Crippen LogP contribution in [0.1, 0.15) is 25.7 Å². The number of piperidine rings is 1. The molecule has 0 spiro atoms. The summed E-state index contributed by atoms with van der Waals surface area (Å²) in [6.07, 6.45) is 3.37. The number of hydrogen-bond acceptors (Lipinski definition) is 4. The van der Waals surface area contributed by atoms with E-state index >= 15 is 0 Å². The fourth-order valence-corrected chi connectivity index (χ4v) is 2.83. The number of Topliss-reactive ketones (excluding diaryl/α,β-unsaturated/α-hetero) is 1. The molecule has 1 N–H and O–H groups in total. The van der Waals surface area contributed by atoms with Crippen molar-refractivity contribution in [3.8, 4) is 0 Å². The summed E-state index contributed by atoms with van der Waals surface area (Å²) >= 11 is 0. The summed E-state index contributed by atoms with van der Waals surface area (Å²) in [5, 5.41) is 2.82. The van der Waals surface area contributed by atoms with Gasteiger partial charge in [-0.1, -0.05) is 0 Å². The maximum absolute atomic E-state index is 11.7. The molecule has 0 aromatic carbocycles. The third-order valence-corrected chi connectivity index (χ3v) is 3.65. The van der Waals surface area contributed by atoms with Crippen molar-refractivity contribution in [1.82, 2.24) is 10.2 Å². The van der Waals surface area contributed by atoms with Crippen molar-refractivity contribution in [3.05, 3.63) is 0 Å². The number of fused-ring (bicyclic) bond motifs is 2. The van der Waals surface area contributed by atoms with Crippen molar-refractivity contribution in [3.63, 3.8) is 0 Å². The molecule has 2 aliphatic rings. The number of nitrogens with zero attached hydrogens (tertiary/aromatic N) is 1. The van der Waals surface area contributed by atoms with Crippen LogP contribution in [0.3, 0.4) is 0 Å². The van der Waals surface area contributed by atoms with E-state index in [1.807, 2.05) is 0 Å². The molecule has 5 heteroatoms. The zero-order valence-corrected chi connectivity index (χ0v) is 10.3. The van der Waals surface area contributed by atoms with Gasteiger partial charge in [0.2, 0.25) is 5.91 Å². The molecule has 2 fully saturated rings. The predicted octanol–water partition coefficient (Wildman–Crippen LogP) is -0.0551. The van der Waals surface area contributed by atoms with Crippen LogP contribution in [0.2, 0.25) is 0 Å². The fourth-order valence-electron chi connectivity index (χ4n) is 2.83. The second-order valence-corrected chi connectivity index (χ2v) is 4.85. The first-order valence-electron chi connectivity index (χ1n) is 6.24. The fraction of sp³-hybridized carbons (Fsp3) is 0.833. The molecule has 0 saturated carbocycles. The van der Waals surface area contributed by atoms with Crippen LogP contribution in [0.15, 0.2) is 0 Å². The summed E-state index contributed by atoms with van der Waals surface area (Å²) in [5.74, 6) is 0.391. The topological polar surface area (TPSA) is 58.6 Å². The largest absolute Gasteiger partial charge is 0.383 e. The summed E-state index contributed by atoms with van der Waals surface area (Å²) in [5.41, 5.74) is 0. The SMILES string of the molecule is COCCNC(=O)CN1C2CCC1CC(=O)C2. The number of methoxy groups -OCH3 is 1. The Bertz CT molecular complexity index is 290. The maximum atomic E-state index is 11.7. The summed E-state index contributed by atoms with van der Waals surface area (Å²) in [4.78, 5) is 25.3. The number of nitrogens with one attached hydrogen (secondary N) is 1. The molecule has 0 radical (unpaired) electrons. The van der Waals surface area contributed by atoms with E-state index in [2.05, 4.69) is 10.2 Å². The van der Waals surface area contributed by atoms with Crippen molar-refractivity contribution < 1.29 is 14.3 Å². The highest BCUT2D eigenvalue weighted by molar-refractivity contribution is 5.82. The number of ether oxygens (including phenoxy) is 1. The molecule has 2 rings (SSSR count). The van der Waals surface area contributed by atoms with Crippen molar-refractivity contribution in [2.75, 3.05) is 26.8 Å². The maximum Gasteiger partial charge on any atom is 0.234 e. The molecule has 0 aromatic rings. The first kappa shape index (κ1) is 12.5. The van der Waals surface area contributed by atoms with Gasteiger partial charge >= 0.3 is 0 Å². The van der Waals surface area contributed by atoms with Crippen LogP contribution in [0.5, 0.6) is 0 Å². The van der Waals surface area contributed by atoms with Gasteiger partial charge in [-0.25, -0.2) is 0 Å². The Labute approximate surface area is 101 Å². The molecule has 0 aliphatic carbocycles. The molecule has 2 saturated heterocycles. The van der Waals surface area contributed by atoms with Crippen LogP contribution in [-0.2, 0) is 14.3 Å². The Balaban J connectivity index is 1.79. The van der Waals surface area contributed by atoms with Gasteiger partial charge in [-0.3, -0.25) is 14.5 Å². The number of carbonyl (C=O) groups is 2. The van der Waals surface area contributed by atoms with Gasteiger partial charge in [0.05, 0.1) is 13.2 Å². The smallest absolute Gasteiger partial charge is 0.234 e. The standard InChI is InChI=1S/C12H20N2O3/c1-17-5-4-13-12(16)8-14-9-2-3-10(14)7-11(15)6-9/h9-10H,2-8H2,1H3,(H,13,16). The van der Waals surface area contributed by atoms with Crippen LogP contribution in [0, 0.1) is 0 Å². The molecule has 96 valence electrons. The lowest BCUT2D eigenvalue weighted by Gasteiger charge is -2.33. The first-order valence-corrected chi connectivity index (χ1v) is 6.24. The third-order valence-electron chi connectivity index (χ3n) is 3.65. The van der Waals surface area contributed by atoms with Gasteiger partial charge in [0.15, 0.2) is 0 Å². The minimum atomic E-state index is 0.0355. The minimum Gasteiger partial charge on any atom is -0.383 e. The van der Waals surface area contributed by atoms with E-state index in [4.69, 9.17) is 4.74 Å². The van der Waals surface area contributed by atoms with E-state index in [-0.39, 0.29) is 5.91 Å². The molecular formula is C12H20N2O3. The molecule has 0 aromatic heterocycles. The molecule has 2 bridgehead atoms. The molecular weight excluding hydrogens is 220 g/mol. The van der Waals surface area contributed by atoms with Crippen LogP contribution in [-0.4, -0.2) is 55.5 Å². The average Bonchev–Trinajstić information content (AvgIpc) is 2.53. The molecule has 1 amide bonds. The van der Waals surface area contributed by atoms with Crippen molar-refractivity contribution in [1.29, 1.82) is 0 Å². The van der Waals surface area contributed by atoms with Gasteiger partial charge in [-0.15, -0.1) is 0 Å². The van der Waals surface area contributed by atoms with Gasteiger partial charge in [0, 0.05) is 38.6 Å². The van der Waals surface area contributed by atoms with E-state index in [0.29, 0.717) is 50.4 Å². The van der Waals surface area contributed by atoms with Crippen LogP contribution in [0.4, 0.5) is 0 Å². The zero-order chi connectivity index (χ0) is 12.3. The monoisotopic (exact) mass is 240 g/mol. The lowest BCUT2D eigenvalue weighted by atomic mass is 10.0. The molecule has 5 nitrogen and oxygen atoms in total. The predicted molar refractivity (Wildman–Crippen MR) is 62.6 cm³/mol. The number of amides is 1. The van der Waals surface area contributed by atoms with E-state index in [0.717, 1.165) is 12.8 Å². The highest BCUT2D eigenvalue weighted by Crippen LogP contribution is 2.33. The first-order chi connectivity index (χ1) is 8.20. The van der Waals surface area contributed by atoms with Crippen LogP contribution < -0.4 is 5.32 Å². The molecule has 2 heterocycles. The highest BCUT2D eigenvalue weighted by atomic mass is 16.5. The van der Waals surface area contributed by atoms with Crippen molar-refractivity contribution >= 4 is 11.7 Å². The van der Waals surface area contributed by atoms with Crippen LogP contribution in [0.25, 0.3) is 0 Å². The van der Waals surface area contributed by atoms with Gasteiger partial charge < -0.3 is 10.1 Å². The summed E-state index contributed by atoms with van der Waals surface area (Å²) in [6, 6.07) is 0.601. The summed E-state index contributed by atoms with van der Waals surface area (Å²) in [7, 11) is 1.61. The van der Waals surface area contributed by atoms with E-state index in [1.165, 1.54) is 0 Å². The van der Waals surface area contributed by atoms with Gasteiger partial charge in [0.1, 0.15) is 5.78 Å². The Hall–Kier alpha value is -0.940. The quantitative estimate of drug-likeness (QED) is 0.684. The Morgan fingerprint density at radius 3 is 2.65 bits per heavy atom. The van der Waals surface area contributed by atoms with E-state index in [1.54, 1.807) is 7.11 Å². The second kappa shape index (κ2) is 5.60. The highest BCUT2D eigenvalue weighted by Gasteiger charge is 2.40. The molecule has 2 atom stereocenters. The van der Waals surface area contributed by atoms with Gasteiger partial charge in [0.25, 0.3) is 0 Å². The Morgan fingerprint density at radius 2 is 2.06 bits per heavy atom. The minimum absolute atomic E-state index is 0.0355. The van der Waals surface area contributed by atoms with E-state index in [9.17, 15) is 9.59 Å². The third kappa shape index (κ3) is 3.04. The number of ketones is 1. The lowest BCUT2D eigenvalue weighted by Crippen LogP contribution is -2.48. The molecule has 2 unspecified atom stereocenters. The van der Waals surface area contributed by atoms with Crippen molar-refractivity contribution in [2.24, 2.45) is 0 Å². The normalized spacial score (nSPS) is 28.4. The molecule has 2 aliphatic heterocycles. The Kier molecular flexibility index (Phi) is 4.12. The van der Waals surface area contributed by atoms with Gasteiger partial charge in [-0.05, 0) is 12.8 Å². The van der Waals surface area contributed by atoms with Crippen molar-refractivity contribution in [2.45, 2.75) is 37.8 Å². The zero-order valence-electron chi connectivity index (χ0n) is 10.3. The summed E-state index contributed by atoms with van der Waals surface area (Å²) < 4.78 is 4.88. The number of rotatable bonds is 5. The van der Waals surface area contributed by atoms with Gasteiger partial charge in [-0.2, -0.15) is 0 Å². The number of hydrogen-bond donors (Lipinski definition) is 1. The van der Waals surface area contributed by atoms with E-state index < -0.39 is 0 Å². The van der Waals surface area contributed by atoms with Crippen LogP contribution >= 0.6 is 0 Å².